The molecule has 0 spiro atoms. The van der Waals surface area contributed by atoms with Crippen molar-refractivity contribution in [3.05, 3.63) is 60.2 Å². The van der Waals surface area contributed by atoms with Gasteiger partial charge in [-0.25, -0.2) is 9.37 Å². The molecule has 0 aliphatic heterocycles. The molecule has 5 N–H and O–H groups in total. The van der Waals surface area contributed by atoms with Crippen LogP contribution in [0.1, 0.15) is 73.6 Å². The number of rotatable bonds is 6. The molecule has 6 nitrogen and oxygen atoms in total. The van der Waals surface area contributed by atoms with E-state index in [-0.39, 0.29) is 11.5 Å². The number of allylic oxidation sites excluding steroid dienone is 3. The zero-order valence-electron chi connectivity index (χ0n) is 22.1. The zero-order valence-corrected chi connectivity index (χ0v) is 22.1. The number of aromatic nitrogens is 2. The van der Waals surface area contributed by atoms with E-state index in [1.165, 1.54) is 32.6 Å². The minimum atomic E-state index is -0.320. The Hall–Kier alpha value is -3.09. The summed E-state index contributed by atoms with van der Waals surface area (Å²) in [5.41, 5.74) is 13.1. The van der Waals surface area contributed by atoms with Gasteiger partial charge in [-0.15, -0.1) is 0 Å². The maximum atomic E-state index is 12.1. The molecule has 0 atom stereocenters. The number of benzene rings is 1. The van der Waals surface area contributed by atoms with Crippen LogP contribution in [-0.2, 0) is 0 Å². The van der Waals surface area contributed by atoms with Crippen LogP contribution in [0.5, 0.6) is 0 Å². The summed E-state index contributed by atoms with van der Waals surface area (Å²) in [5, 5.41) is 3.41. The highest BCUT2D eigenvalue weighted by Gasteiger charge is 2.17. The third kappa shape index (κ3) is 11.2. The van der Waals surface area contributed by atoms with Crippen LogP contribution in [0.25, 0.3) is 0 Å². The first-order chi connectivity index (χ1) is 16.4. The summed E-state index contributed by atoms with van der Waals surface area (Å²) in [6.45, 7) is 11.3. The highest BCUT2D eigenvalue weighted by Crippen LogP contribution is 2.28. The fourth-order valence-corrected chi connectivity index (χ4v) is 3.11. The Morgan fingerprint density at radius 1 is 1.15 bits per heavy atom. The smallest absolute Gasteiger partial charge is 0.224 e. The van der Waals surface area contributed by atoms with Crippen LogP contribution >= 0.6 is 0 Å². The van der Waals surface area contributed by atoms with Crippen LogP contribution in [0.4, 0.5) is 27.5 Å². The molecule has 0 saturated heterocycles. The van der Waals surface area contributed by atoms with Gasteiger partial charge in [-0.1, -0.05) is 71.7 Å². The van der Waals surface area contributed by atoms with E-state index in [0.29, 0.717) is 17.7 Å². The third-order valence-electron chi connectivity index (χ3n) is 4.88. The second-order valence-corrected chi connectivity index (χ2v) is 7.29. The van der Waals surface area contributed by atoms with E-state index < -0.39 is 0 Å². The molecule has 1 heterocycles. The number of nitrogen functional groups attached to an aromatic ring is 1. The number of para-hydroxylation sites is 1. The third-order valence-corrected chi connectivity index (χ3v) is 4.88. The molecule has 1 aromatic carbocycles. The van der Waals surface area contributed by atoms with Gasteiger partial charge in [0.15, 0.2) is 5.82 Å². The molecule has 7 heteroatoms. The normalized spacial score (nSPS) is 13.4. The van der Waals surface area contributed by atoms with Crippen molar-refractivity contribution >= 4 is 23.1 Å². The number of anilines is 4. The van der Waals surface area contributed by atoms with Crippen LogP contribution in [0, 0.1) is 0 Å². The number of nitrogens with zero attached hydrogens (tertiary/aromatic N) is 3. The van der Waals surface area contributed by atoms with Gasteiger partial charge >= 0.3 is 0 Å². The first-order valence-electron chi connectivity index (χ1n) is 12.4. The molecular weight excluding hydrogens is 427 g/mol. The van der Waals surface area contributed by atoms with Gasteiger partial charge in [0.2, 0.25) is 5.95 Å². The maximum Gasteiger partial charge on any atom is 0.224 e. The van der Waals surface area contributed by atoms with Gasteiger partial charge in [0.25, 0.3) is 0 Å². The Morgan fingerprint density at radius 2 is 1.74 bits per heavy atom. The lowest BCUT2D eigenvalue weighted by Gasteiger charge is -2.21. The fourth-order valence-electron chi connectivity index (χ4n) is 3.11. The van der Waals surface area contributed by atoms with Crippen molar-refractivity contribution in [3.63, 3.8) is 0 Å². The highest BCUT2D eigenvalue weighted by atomic mass is 19.1. The van der Waals surface area contributed by atoms with Crippen LogP contribution in [0.2, 0.25) is 0 Å². The molecule has 2 aromatic rings. The van der Waals surface area contributed by atoms with Gasteiger partial charge in [-0.2, -0.15) is 4.98 Å². The molecule has 1 saturated carbocycles. The highest BCUT2D eigenvalue weighted by molar-refractivity contribution is 5.70. The molecule has 0 radical (unpaired) electrons. The van der Waals surface area contributed by atoms with Crippen LogP contribution in [0.3, 0.4) is 0 Å². The van der Waals surface area contributed by atoms with Gasteiger partial charge in [0.1, 0.15) is 5.83 Å². The summed E-state index contributed by atoms with van der Waals surface area (Å²) in [6.07, 6.45) is 10.9. The second-order valence-electron chi connectivity index (χ2n) is 7.29. The average Bonchev–Trinajstić information content (AvgIpc) is 3.39. The van der Waals surface area contributed by atoms with Crippen molar-refractivity contribution in [1.82, 2.24) is 9.97 Å². The van der Waals surface area contributed by atoms with Gasteiger partial charge in [0.05, 0.1) is 17.6 Å². The Morgan fingerprint density at radius 3 is 2.26 bits per heavy atom. The summed E-state index contributed by atoms with van der Waals surface area (Å²) in [7, 11) is 1.97. The number of hydrogen-bond acceptors (Lipinski definition) is 6. The minimum absolute atomic E-state index is 0.219. The molecule has 3 rings (SSSR count). The van der Waals surface area contributed by atoms with E-state index in [9.17, 15) is 4.39 Å². The average molecular weight is 473 g/mol. The summed E-state index contributed by atoms with van der Waals surface area (Å²) in [4.78, 5) is 10.9. The second kappa shape index (κ2) is 18.3. The molecule has 1 aliphatic rings. The van der Waals surface area contributed by atoms with Crippen LogP contribution < -0.4 is 21.7 Å². The first-order valence-corrected chi connectivity index (χ1v) is 12.4. The van der Waals surface area contributed by atoms with E-state index in [4.69, 9.17) is 11.5 Å². The Balaban J connectivity index is 0.000000710. The monoisotopic (exact) mass is 472 g/mol. The molecule has 0 bridgehead atoms. The largest absolute Gasteiger partial charge is 0.397 e. The Labute approximate surface area is 206 Å². The number of halogens is 1. The topological polar surface area (TPSA) is 93.1 Å². The SMILES string of the molecule is CC.CC.CC/C=C\C(N)=C(/C)F.CN(c1ccccc1)c1nc(NC2CCCC2)ncc1N. The standard InChI is InChI=1S/C16H21N5.C7H12FN.2C2H6/c1-21(13-9-3-2-4-10-13)15-14(17)11-18-16(20-15)19-12-7-5-6-8-12;1-3-4-5-7(9)6(2)8;2*1-2/h2-4,9-12H,5-8,17H2,1H3,(H,18,19,20);4-5H,3,9H2,1-2H3;2*1-2H3/b;5-4-,7-6-;;. The van der Waals surface area contributed by atoms with E-state index in [2.05, 4.69) is 15.3 Å². The molecule has 0 amide bonds. The minimum Gasteiger partial charge on any atom is -0.397 e. The summed E-state index contributed by atoms with van der Waals surface area (Å²) in [6, 6.07) is 10.6. The fraction of sp³-hybridized carbons (Fsp3) is 0.481. The molecule has 1 aliphatic carbocycles. The predicted octanol–water partition coefficient (Wildman–Crippen LogP) is 7.35. The number of nitrogens with one attached hydrogen (secondary N) is 1. The molecule has 190 valence electrons. The number of hydrogen-bond donors (Lipinski definition) is 3. The quantitative estimate of drug-likeness (QED) is 0.381. The summed E-state index contributed by atoms with van der Waals surface area (Å²) < 4.78 is 12.1. The van der Waals surface area contributed by atoms with E-state index in [1.807, 2.05) is 83.0 Å². The molecule has 1 fully saturated rings. The van der Waals surface area contributed by atoms with Crippen molar-refractivity contribution in [3.8, 4) is 0 Å². The Kier molecular flexibility index (Phi) is 16.7. The zero-order chi connectivity index (χ0) is 25.9. The lowest BCUT2D eigenvalue weighted by molar-refractivity contribution is 0.629. The van der Waals surface area contributed by atoms with Crippen molar-refractivity contribution in [2.75, 3.05) is 23.0 Å². The Bertz CT molecular complexity index is 841. The summed E-state index contributed by atoms with van der Waals surface area (Å²) >= 11 is 0. The molecule has 34 heavy (non-hydrogen) atoms. The molecule has 1 aromatic heterocycles. The van der Waals surface area contributed by atoms with E-state index in [1.54, 1.807) is 12.3 Å². The maximum absolute atomic E-state index is 12.1. The van der Waals surface area contributed by atoms with Crippen LogP contribution in [0.15, 0.2) is 60.2 Å². The number of nitrogens with two attached hydrogens (primary N) is 2. The van der Waals surface area contributed by atoms with Gasteiger partial charge in [-0.3, -0.25) is 0 Å². The summed E-state index contributed by atoms with van der Waals surface area (Å²) in [5.74, 6) is 1.07. The first kappa shape index (κ1) is 30.9. The van der Waals surface area contributed by atoms with Crippen molar-refractivity contribution in [1.29, 1.82) is 0 Å². The molecule has 0 unspecified atom stereocenters. The lowest BCUT2D eigenvalue weighted by atomic mass is 10.2. The van der Waals surface area contributed by atoms with Crippen molar-refractivity contribution in [2.24, 2.45) is 5.73 Å². The predicted molar refractivity (Wildman–Crippen MR) is 147 cm³/mol. The lowest BCUT2D eigenvalue weighted by Crippen LogP contribution is -2.19. The molecular formula is C27H45FN6. The van der Waals surface area contributed by atoms with Gasteiger partial charge < -0.3 is 21.7 Å². The van der Waals surface area contributed by atoms with Gasteiger partial charge in [-0.05, 0) is 44.4 Å². The van der Waals surface area contributed by atoms with Gasteiger partial charge in [0, 0.05) is 18.8 Å². The van der Waals surface area contributed by atoms with E-state index in [0.717, 1.165) is 17.9 Å². The van der Waals surface area contributed by atoms with E-state index >= 15 is 0 Å². The van der Waals surface area contributed by atoms with Crippen LogP contribution in [-0.4, -0.2) is 23.1 Å². The van der Waals surface area contributed by atoms with Crippen molar-refractivity contribution < 1.29 is 4.39 Å². The van der Waals surface area contributed by atoms with Crippen molar-refractivity contribution in [2.45, 2.75) is 79.7 Å².